The minimum absolute atomic E-state index is 0.00728. The second kappa shape index (κ2) is 17.1. The summed E-state index contributed by atoms with van der Waals surface area (Å²) in [4.78, 5) is 25.8. The number of allylic oxidation sites excluding steroid dienone is 3. The van der Waals surface area contributed by atoms with Crippen LogP contribution in [-0.4, -0.2) is 42.0 Å². The molecule has 0 bridgehead atoms. The number of hydrogen-bond donors (Lipinski definition) is 4. The number of nitrogens with zero attached hydrogens (tertiary/aromatic N) is 1. The van der Waals surface area contributed by atoms with Crippen LogP contribution in [0.15, 0.2) is 82.8 Å². The van der Waals surface area contributed by atoms with Gasteiger partial charge in [-0.15, -0.1) is 11.6 Å². The third-order valence-electron chi connectivity index (χ3n) is 6.95. The number of carbonyl (C=O) groups is 2. The number of furan rings is 1. The molecule has 9 heteroatoms. The minimum atomic E-state index is -0.545. The van der Waals surface area contributed by atoms with Gasteiger partial charge in [0.1, 0.15) is 11.5 Å². The highest BCUT2D eigenvalue weighted by atomic mass is 35.5. The van der Waals surface area contributed by atoms with Crippen molar-refractivity contribution < 1.29 is 19.1 Å². The van der Waals surface area contributed by atoms with Crippen LogP contribution in [-0.2, 0) is 22.6 Å². The number of benzene rings is 2. The summed E-state index contributed by atoms with van der Waals surface area (Å²) < 4.78 is 6.09. The fourth-order valence-corrected chi connectivity index (χ4v) is 4.65. The van der Waals surface area contributed by atoms with Crippen molar-refractivity contribution in [2.45, 2.75) is 52.2 Å². The molecule has 0 radical (unpaired) electrons. The number of alkyl halides is 1. The van der Waals surface area contributed by atoms with Gasteiger partial charge in [0, 0.05) is 36.2 Å². The van der Waals surface area contributed by atoms with E-state index in [-0.39, 0.29) is 37.4 Å². The van der Waals surface area contributed by atoms with Gasteiger partial charge in [0.15, 0.2) is 0 Å². The van der Waals surface area contributed by atoms with Gasteiger partial charge < -0.3 is 25.5 Å². The number of nitrogens with one attached hydrogen (secondary N) is 3. The Morgan fingerprint density at radius 3 is 2.44 bits per heavy atom. The lowest BCUT2D eigenvalue weighted by atomic mass is 10.0. The Hall–Kier alpha value is -4.16. The van der Waals surface area contributed by atoms with Gasteiger partial charge in [-0.1, -0.05) is 48.0 Å². The van der Waals surface area contributed by atoms with E-state index >= 15 is 0 Å². The van der Waals surface area contributed by atoms with Crippen molar-refractivity contribution in [1.29, 1.82) is 5.26 Å². The highest BCUT2D eigenvalue weighted by molar-refractivity contribution is 6.23. The topological polar surface area (TPSA) is 127 Å². The van der Waals surface area contributed by atoms with Crippen LogP contribution < -0.4 is 16.0 Å². The molecule has 0 aliphatic carbocycles. The summed E-state index contributed by atoms with van der Waals surface area (Å²) in [6, 6.07) is 20.8. The van der Waals surface area contributed by atoms with Crippen molar-refractivity contribution in [2.24, 2.45) is 0 Å². The van der Waals surface area contributed by atoms with Crippen LogP contribution in [0.2, 0.25) is 0 Å². The molecule has 0 spiro atoms. The summed E-state index contributed by atoms with van der Waals surface area (Å²) in [7, 11) is 0. The molecular formula is C34H39ClN4O4. The van der Waals surface area contributed by atoms with Crippen molar-refractivity contribution >= 4 is 29.0 Å². The fraction of sp³-hybridized carbons (Fsp3) is 0.324. The number of halogens is 1. The van der Waals surface area contributed by atoms with E-state index in [2.05, 4.69) is 60.1 Å². The zero-order valence-electron chi connectivity index (χ0n) is 24.8. The Balaban J connectivity index is 1.70. The quantitative estimate of drug-likeness (QED) is 0.109. The first-order valence-corrected chi connectivity index (χ1v) is 14.8. The monoisotopic (exact) mass is 602 g/mol. The Morgan fingerprint density at radius 1 is 1.09 bits per heavy atom. The summed E-state index contributed by atoms with van der Waals surface area (Å²) in [5.74, 6) is 0.618. The zero-order valence-corrected chi connectivity index (χ0v) is 25.6. The lowest BCUT2D eigenvalue weighted by Gasteiger charge is -2.19. The Bertz CT molecular complexity index is 1450. The van der Waals surface area contributed by atoms with E-state index in [1.807, 2.05) is 25.1 Å². The van der Waals surface area contributed by atoms with Crippen molar-refractivity contribution in [3.63, 3.8) is 0 Å². The fourth-order valence-electron chi connectivity index (χ4n) is 4.45. The number of rotatable bonds is 15. The smallest absolute Gasteiger partial charge is 0.248 e. The minimum Gasteiger partial charge on any atom is -0.460 e. The van der Waals surface area contributed by atoms with Crippen LogP contribution in [0.25, 0.3) is 5.57 Å². The van der Waals surface area contributed by atoms with E-state index in [0.29, 0.717) is 35.4 Å². The van der Waals surface area contributed by atoms with E-state index < -0.39 is 11.9 Å². The molecule has 2 atom stereocenters. The van der Waals surface area contributed by atoms with Gasteiger partial charge in [-0.25, -0.2) is 0 Å². The largest absolute Gasteiger partial charge is 0.460 e. The van der Waals surface area contributed by atoms with Crippen LogP contribution in [0.4, 0.5) is 0 Å². The van der Waals surface area contributed by atoms with Gasteiger partial charge in [0.05, 0.1) is 30.7 Å². The molecule has 2 aromatic carbocycles. The first kappa shape index (κ1) is 33.3. The Morgan fingerprint density at radius 2 is 1.81 bits per heavy atom. The van der Waals surface area contributed by atoms with Crippen LogP contribution >= 0.6 is 11.6 Å². The molecule has 226 valence electrons. The maximum Gasteiger partial charge on any atom is 0.248 e. The van der Waals surface area contributed by atoms with Crippen LogP contribution in [0.3, 0.4) is 0 Å². The summed E-state index contributed by atoms with van der Waals surface area (Å²) in [5, 5.41) is 27.2. The molecule has 1 aromatic heterocycles. The number of hydrogen-bond acceptors (Lipinski definition) is 6. The van der Waals surface area contributed by atoms with Crippen molar-refractivity contribution in [3.05, 3.63) is 112 Å². The van der Waals surface area contributed by atoms with Crippen molar-refractivity contribution in [1.82, 2.24) is 16.0 Å². The van der Waals surface area contributed by atoms with Gasteiger partial charge in [-0.05, 0) is 68.7 Å². The molecule has 3 aromatic rings. The van der Waals surface area contributed by atoms with Crippen molar-refractivity contribution in [2.75, 3.05) is 19.0 Å². The molecule has 0 aliphatic heterocycles. The average Bonchev–Trinajstić information content (AvgIpc) is 3.49. The summed E-state index contributed by atoms with van der Waals surface area (Å²) >= 11 is 6.23. The summed E-state index contributed by atoms with van der Waals surface area (Å²) in [6.45, 7) is 6.50. The molecule has 2 amide bonds. The second-order valence-corrected chi connectivity index (χ2v) is 10.6. The van der Waals surface area contributed by atoms with E-state index in [1.54, 1.807) is 30.3 Å². The molecule has 1 unspecified atom stereocenters. The molecule has 4 N–H and O–H groups in total. The highest BCUT2D eigenvalue weighted by Gasteiger charge is 2.20. The first-order valence-electron chi connectivity index (χ1n) is 14.3. The van der Waals surface area contributed by atoms with E-state index in [0.717, 1.165) is 11.3 Å². The molecule has 3 rings (SSSR count). The van der Waals surface area contributed by atoms with E-state index in [1.165, 1.54) is 11.1 Å². The van der Waals surface area contributed by atoms with E-state index in [9.17, 15) is 9.59 Å². The normalized spacial score (nSPS) is 13.2. The van der Waals surface area contributed by atoms with Gasteiger partial charge >= 0.3 is 0 Å². The second-order valence-electron chi connectivity index (χ2n) is 10.3. The molecular weight excluding hydrogens is 564 g/mol. The predicted octanol–water partition coefficient (Wildman–Crippen LogP) is 5.11. The SMILES string of the molecule is C/C=C(\C=C(/CCl)C(=O)N[C@@H](CC(=O)NCCO)Cc1ccc(C#N)cc1)c1ccc(CNC(C)c2ccc(C)cc2)o1. The molecule has 0 fully saturated rings. The summed E-state index contributed by atoms with van der Waals surface area (Å²) in [5.41, 5.74) is 4.81. The van der Waals surface area contributed by atoms with Gasteiger partial charge in [-0.3, -0.25) is 9.59 Å². The average molecular weight is 603 g/mol. The number of nitriles is 1. The van der Waals surface area contributed by atoms with Crippen LogP contribution in [0.1, 0.15) is 60.1 Å². The van der Waals surface area contributed by atoms with Crippen molar-refractivity contribution in [3.8, 4) is 6.07 Å². The molecule has 1 heterocycles. The molecule has 8 nitrogen and oxygen atoms in total. The zero-order chi connectivity index (χ0) is 31.2. The third-order valence-corrected chi connectivity index (χ3v) is 7.24. The Labute approximate surface area is 258 Å². The lowest BCUT2D eigenvalue weighted by Crippen LogP contribution is -2.41. The maximum absolute atomic E-state index is 13.3. The van der Waals surface area contributed by atoms with Gasteiger partial charge in [0.2, 0.25) is 11.8 Å². The highest BCUT2D eigenvalue weighted by Crippen LogP contribution is 2.22. The maximum atomic E-state index is 13.3. The molecule has 0 aliphatic rings. The van der Waals surface area contributed by atoms with Gasteiger partial charge in [-0.2, -0.15) is 5.26 Å². The number of amides is 2. The van der Waals surface area contributed by atoms with E-state index in [4.69, 9.17) is 26.4 Å². The standard InChI is InChI=1S/C34H39ClN4O4/c1-4-27(32-14-13-31(43-32)22-38-24(3)28-11-5-23(2)6-12-28)18-29(20-35)34(42)39-30(19-33(41)37-15-16-40)17-25-7-9-26(21-36)10-8-25/h4-14,18,24,30,38,40H,15-17,19-20,22H2,1-3H3,(H,37,41)(H,39,42)/b27-4+,29-18+/t24?,30-/m1/s1. The summed E-state index contributed by atoms with van der Waals surface area (Å²) in [6.07, 6.45) is 3.91. The number of carbonyl (C=O) groups excluding carboxylic acids is 2. The van der Waals surface area contributed by atoms with Gasteiger partial charge in [0.25, 0.3) is 0 Å². The number of aliphatic hydroxyl groups is 1. The first-order chi connectivity index (χ1) is 20.8. The number of aryl methyl sites for hydroxylation is 1. The molecule has 0 saturated heterocycles. The Kier molecular flexibility index (Phi) is 13.2. The lowest BCUT2D eigenvalue weighted by molar-refractivity contribution is -0.122. The molecule has 0 saturated carbocycles. The van der Waals surface area contributed by atoms with Crippen LogP contribution in [0, 0.1) is 18.3 Å². The molecule has 43 heavy (non-hydrogen) atoms. The van der Waals surface area contributed by atoms with Crippen LogP contribution in [0.5, 0.6) is 0 Å². The number of aliphatic hydroxyl groups excluding tert-OH is 1. The third kappa shape index (κ3) is 10.6. The predicted molar refractivity (Wildman–Crippen MR) is 169 cm³/mol.